The molecule has 25 heavy (non-hydrogen) atoms. The number of benzene rings is 1. The van der Waals surface area contributed by atoms with Gasteiger partial charge in [-0.15, -0.1) is 6.58 Å². The number of para-hydroxylation sites is 1. The van der Waals surface area contributed by atoms with E-state index in [1.807, 2.05) is 37.3 Å². The molecule has 0 aliphatic carbocycles. The molecule has 2 aromatic rings. The molecule has 4 heteroatoms. The Bertz CT molecular complexity index is 716. The molecular weight excluding hydrogens is 310 g/mol. The average molecular weight is 339 g/mol. The number of carbonyl (C=O) groups excluding carboxylic acids is 1. The molecule has 0 unspecified atom stereocenters. The highest BCUT2D eigenvalue weighted by atomic mass is 16.2. The molecule has 0 spiro atoms. The molecular formula is C21H29N3O. The summed E-state index contributed by atoms with van der Waals surface area (Å²) in [5, 5.41) is 4.64. The van der Waals surface area contributed by atoms with E-state index in [0.29, 0.717) is 18.9 Å². The van der Waals surface area contributed by atoms with Crippen molar-refractivity contribution in [2.75, 3.05) is 11.4 Å². The zero-order chi connectivity index (χ0) is 18.4. The third kappa shape index (κ3) is 4.81. The van der Waals surface area contributed by atoms with Crippen molar-refractivity contribution < 1.29 is 4.79 Å². The number of rotatable bonds is 8. The maximum Gasteiger partial charge on any atom is 0.227 e. The average Bonchev–Trinajstić information content (AvgIpc) is 2.84. The van der Waals surface area contributed by atoms with Crippen LogP contribution in [0.15, 0.2) is 43.0 Å². The minimum Gasteiger partial charge on any atom is -0.309 e. The third-order valence-electron chi connectivity index (χ3n) is 4.34. The lowest BCUT2D eigenvalue weighted by Crippen LogP contribution is -2.31. The van der Waals surface area contributed by atoms with Gasteiger partial charge in [0.05, 0.1) is 5.69 Å². The minimum absolute atomic E-state index is 0.113. The molecule has 1 amide bonds. The van der Waals surface area contributed by atoms with E-state index in [2.05, 4.69) is 37.1 Å². The van der Waals surface area contributed by atoms with Crippen LogP contribution in [0.4, 0.5) is 5.69 Å². The summed E-state index contributed by atoms with van der Waals surface area (Å²) >= 11 is 0. The van der Waals surface area contributed by atoms with E-state index in [9.17, 15) is 4.79 Å². The van der Waals surface area contributed by atoms with E-state index < -0.39 is 0 Å². The van der Waals surface area contributed by atoms with Crippen LogP contribution in [0.2, 0.25) is 0 Å². The summed E-state index contributed by atoms with van der Waals surface area (Å²) in [6.45, 7) is 13.7. The van der Waals surface area contributed by atoms with E-state index in [4.69, 9.17) is 0 Å². The summed E-state index contributed by atoms with van der Waals surface area (Å²) in [5.74, 6) is 0.662. The van der Waals surface area contributed by atoms with Gasteiger partial charge in [0.15, 0.2) is 0 Å². The summed E-state index contributed by atoms with van der Waals surface area (Å²) in [7, 11) is 0. The Hall–Kier alpha value is -2.36. The summed E-state index contributed by atoms with van der Waals surface area (Å²) in [4.78, 5) is 14.6. The first-order valence-corrected chi connectivity index (χ1v) is 8.93. The lowest BCUT2D eigenvalue weighted by atomic mass is 10.1. The highest BCUT2D eigenvalue weighted by molar-refractivity contribution is 5.93. The van der Waals surface area contributed by atoms with Crippen LogP contribution in [0.5, 0.6) is 0 Å². The predicted octanol–water partition coefficient (Wildman–Crippen LogP) is 4.31. The van der Waals surface area contributed by atoms with Crippen molar-refractivity contribution in [3.05, 3.63) is 59.9 Å². The summed E-state index contributed by atoms with van der Waals surface area (Å²) < 4.78 is 2.07. The van der Waals surface area contributed by atoms with Crippen LogP contribution in [0.3, 0.4) is 0 Å². The molecule has 0 N–H and O–H groups in total. The van der Waals surface area contributed by atoms with Gasteiger partial charge in [-0.2, -0.15) is 5.10 Å². The molecule has 1 aromatic heterocycles. The van der Waals surface area contributed by atoms with E-state index in [1.165, 1.54) is 11.3 Å². The van der Waals surface area contributed by atoms with Gasteiger partial charge in [-0.1, -0.05) is 38.1 Å². The quantitative estimate of drug-likeness (QED) is 0.672. The number of anilines is 1. The second-order valence-electron chi connectivity index (χ2n) is 6.85. The SMILES string of the molecule is C=CCN(C(=O)CCc1c(C)nn(CC(C)C)c1C)c1ccccc1. The molecule has 134 valence electrons. The largest absolute Gasteiger partial charge is 0.309 e. The molecule has 0 fully saturated rings. The van der Waals surface area contributed by atoms with Crippen molar-refractivity contribution in [2.24, 2.45) is 5.92 Å². The number of amides is 1. The van der Waals surface area contributed by atoms with Crippen LogP contribution >= 0.6 is 0 Å². The van der Waals surface area contributed by atoms with Crippen molar-refractivity contribution in [3.63, 3.8) is 0 Å². The molecule has 0 radical (unpaired) electrons. The Kier molecular flexibility index (Phi) is 6.57. The van der Waals surface area contributed by atoms with Gasteiger partial charge >= 0.3 is 0 Å². The highest BCUT2D eigenvalue weighted by Crippen LogP contribution is 2.19. The van der Waals surface area contributed by atoms with E-state index >= 15 is 0 Å². The van der Waals surface area contributed by atoms with Crippen LogP contribution in [-0.4, -0.2) is 22.2 Å². The molecule has 0 saturated carbocycles. The Labute approximate surface area is 151 Å². The van der Waals surface area contributed by atoms with Gasteiger partial charge in [0.25, 0.3) is 0 Å². The topological polar surface area (TPSA) is 38.1 Å². The lowest BCUT2D eigenvalue weighted by molar-refractivity contribution is -0.118. The molecule has 0 atom stereocenters. The molecule has 1 heterocycles. The predicted molar refractivity (Wildman–Crippen MR) is 104 cm³/mol. The smallest absolute Gasteiger partial charge is 0.227 e. The monoisotopic (exact) mass is 339 g/mol. The maximum atomic E-state index is 12.8. The van der Waals surface area contributed by atoms with Gasteiger partial charge < -0.3 is 4.90 Å². The number of aromatic nitrogens is 2. The van der Waals surface area contributed by atoms with Crippen molar-refractivity contribution >= 4 is 11.6 Å². The first kappa shape index (κ1) is 19.0. The fourth-order valence-electron chi connectivity index (χ4n) is 3.07. The van der Waals surface area contributed by atoms with Crippen LogP contribution in [0.1, 0.15) is 37.2 Å². The van der Waals surface area contributed by atoms with Crippen molar-refractivity contribution in [1.82, 2.24) is 9.78 Å². The van der Waals surface area contributed by atoms with Gasteiger partial charge in [0.1, 0.15) is 0 Å². The van der Waals surface area contributed by atoms with Crippen LogP contribution < -0.4 is 4.90 Å². The zero-order valence-electron chi connectivity index (χ0n) is 15.8. The number of hydrogen-bond acceptors (Lipinski definition) is 2. The molecule has 1 aromatic carbocycles. The van der Waals surface area contributed by atoms with Crippen molar-refractivity contribution in [1.29, 1.82) is 0 Å². The molecule has 2 rings (SSSR count). The van der Waals surface area contributed by atoms with Crippen molar-refractivity contribution in [2.45, 2.75) is 47.1 Å². The molecule has 0 saturated heterocycles. The van der Waals surface area contributed by atoms with Crippen LogP contribution in [0.25, 0.3) is 0 Å². The Morgan fingerprint density at radius 3 is 2.56 bits per heavy atom. The first-order chi connectivity index (χ1) is 11.9. The van der Waals surface area contributed by atoms with Crippen molar-refractivity contribution in [3.8, 4) is 0 Å². The first-order valence-electron chi connectivity index (χ1n) is 8.93. The number of carbonyl (C=O) groups is 1. The van der Waals surface area contributed by atoms with E-state index in [1.54, 1.807) is 11.0 Å². The van der Waals surface area contributed by atoms with Gasteiger partial charge in [0.2, 0.25) is 5.91 Å². The van der Waals surface area contributed by atoms with Crippen LogP contribution in [-0.2, 0) is 17.8 Å². The Morgan fingerprint density at radius 2 is 1.96 bits per heavy atom. The second-order valence-corrected chi connectivity index (χ2v) is 6.85. The normalized spacial score (nSPS) is 10.9. The zero-order valence-corrected chi connectivity index (χ0v) is 15.8. The molecule has 0 aliphatic heterocycles. The standard InChI is InChI=1S/C21H29N3O/c1-6-14-23(19-10-8-7-9-11-19)21(25)13-12-20-17(4)22-24(18(20)5)15-16(2)3/h6-11,16H,1,12-15H2,2-5H3. The number of aryl methyl sites for hydroxylation is 1. The fourth-order valence-corrected chi connectivity index (χ4v) is 3.07. The van der Waals surface area contributed by atoms with Gasteiger partial charge in [-0.25, -0.2) is 0 Å². The molecule has 4 nitrogen and oxygen atoms in total. The second kappa shape index (κ2) is 8.65. The van der Waals surface area contributed by atoms with E-state index in [-0.39, 0.29) is 5.91 Å². The van der Waals surface area contributed by atoms with E-state index in [0.717, 1.165) is 24.3 Å². The summed E-state index contributed by atoms with van der Waals surface area (Å²) in [5.41, 5.74) is 4.31. The van der Waals surface area contributed by atoms with Gasteiger partial charge in [-0.3, -0.25) is 9.48 Å². The lowest BCUT2D eigenvalue weighted by Gasteiger charge is -2.21. The minimum atomic E-state index is 0.113. The molecule has 0 aliphatic rings. The highest BCUT2D eigenvalue weighted by Gasteiger charge is 2.17. The Morgan fingerprint density at radius 1 is 1.28 bits per heavy atom. The Balaban J connectivity index is 2.10. The summed E-state index contributed by atoms with van der Waals surface area (Å²) in [6.07, 6.45) is 2.95. The third-order valence-corrected chi connectivity index (χ3v) is 4.34. The van der Waals surface area contributed by atoms with Gasteiger partial charge in [0, 0.05) is 30.9 Å². The number of hydrogen-bond donors (Lipinski definition) is 0. The molecule has 0 bridgehead atoms. The summed E-state index contributed by atoms with van der Waals surface area (Å²) in [6, 6.07) is 9.76. The number of nitrogens with zero attached hydrogens (tertiary/aromatic N) is 3. The maximum absolute atomic E-state index is 12.8. The fraction of sp³-hybridized carbons (Fsp3) is 0.429. The van der Waals surface area contributed by atoms with Crippen LogP contribution in [0, 0.1) is 19.8 Å². The van der Waals surface area contributed by atoms with Gasteiger partial charge in [-0.05, 0) is 43.9 Å².